The van der Waals surface area contributed by atoms with Crippen molar-refractivity contribution in [1.29, 1.82) is 0 Å². The number of hydrogen-bond donors (Lipinski definition) is 1. The van der Waals surface area contributed by atoms with Crippen LogP contribution in [0.3, 0.4) is 0 Å². The van der Waals surface area contributed by atoms with Crippen LogP contribution >= 0.6 is 24.0 Å². The molecule has 9 heteroatoms. The van der Waals surface area contributed by atoms with Gasteiger partial charge in [0.15, 0.2) is 5.96 Å². The topological polar surface area (TPSA) is 34.1 Å². The maximum absolute atomic E-state index is 12.9. The number of halogens is 4. The highest BCUT2D eigenvalue weighted by atomic mass is 127. The smallest absolute Gasteiger partial charge is 0.357 e. The van der Waals surface area contributed by atoms with E-state index < -0.39 is 12.2 Å². The van der Waals surface area contributed by atoms with Gasteiger partial charge in [0, 0.05) is 51.4 Å². The molecule has 2 rings (SSSR count). The second kappa shape index (κ2) is 11.0. The maximum Gasteiger partial charge on any atom is 0.403 e. The van der Waals surface area contributed by atoms with E-state index in [1.165, 1.54) is 24.7 Å². The van der Waals surface area contributed by atoms with Gasteiger partial charge >= 0.3 is 6.18 Å². The number of guanidine groups is 1. The van der Waals surface area contributed by atoms with Crippen LogP contribution < -0.4 is 5.32 Å². The SMILES string of the molecule is CCNC(=NCCN(C(C)C)C1CC1)N1CCN(C(C)C(F)(F)F)CC1.I. The minimum atomic E-state index is -4.16. The lowest BCUT2D eigenvalue weighted by atomic mass is 10.2. The van der Waals surface area contributed by atoms with Crippen LogP contribution in [-0.4, -0.2) is 90.8 Å². The number of aliphatic imine (C=N–C) groups is 1. The molecule has 0 spiro atoms. The van der Waals surface area contributed by atoms with Crippen LogP contribution in [0.25, 0.3) is 0 Å². The van der Waals surface area contributed by atoms with Gasteiger partial charge in [0.05, 0.1) is 6.54 Å². The predicted octanol–water partition coefficient (Wildman–Crippen LogP) is 3.01. The lowest BCUT2D eigenvalue weighted by Gasteiger charge is -2.39. The van der Waals surface area contributed by atoms with Crippen molar-refractivity contribution in [2.45, 2.75) is 64.8 Å². The summed E-state index contributed by atoms with van der Waals surface area (Å²) in [7, 11) is 0. The first kappa shape index (κ1) is 24.7. The molecule has 2 aliphatic rings. The fourth-order valence-corrected chi connectivity index (χ4v) is 3.49. The van der Waals surface area contributed by atoms with E-state index in [9.17, 15) is 13.2 Å². The Labute approximate surface area is 178 Å². The van der Waals surface area contributed by atoms with Gasteiger partial charge in [0.2, 0.25) is 0 Å². The van der Waals surface area contributed by atoms with Crippen LogP contribution in [0.2, 0.25) is 0 Å². The van der Waals surface area contributed by atoms with E-state index in [1.54, 1.807) is 0 Å². The fourth-order valence-electron chi connectivity index (χ4n) is 3.49. The lowest BCUT2D eigenvalue weighted by Crippen LogP contribution is -2.56. The molecule has 0 amide bonds. The van der Waals surface area contributed by atoms with Gasteiger partial charge < -0.3 is 10.2 Å². The van der Waals surface area contributed by atoms with Crippen molar-refractivity contribution < 1.29 is 13.2 Å². The monoisotopic (exact) mass is 505 g/mol. The van der Waals surface area contributed by atoms with Crippen LogP contribution in [0.15, 0.2) is 4.99 Å². The minimum Gasteiger partial charge on any atom is -0.357 e. The van der Waals surface area contributed by atoms with Crippen LogP contribution in [0.5, 0.6) is 0 Å². The Morgan fingerprint density at radius 2 is 1.74 bits per heavy atom. The van der Waals surface area contributed by atoms with Crippen molar-refractivity contribution in [2.75, 3.05) is 45.8 Å². The third-order valence-electron chi connectivity index (χ3n) is 5.27. The number of alkyl halides is 3. The van der Waals surface area contributed by atoms with Gasteiger partial charge in [-0.1, -0.05) is 0 Å². The summed E-state index contributed by atoms with van der Waals surface area (Å²) in [5.74, 6) is 0.825. The van der Waals surface area contributed by atoms with Crippen molar-refractivity contribution in [1.82, 2.24) is 20.0 Å². The molecule has 0 aromatic rings. The summed E-state index contributed by atoms with van der Waals surface area (Å²) in [4.78, 5) is 10.8. The quantitative estimate of drug-likeness (QED) is 0.328. The Morgan fingerprint density at radius 3 is 2.19 bits per heavy atom. The van der Waals surface area contributed by atoms with Gasteiger partial charge in [-0.3, -0.25) is 14.8 Å². The standard InChI is InChI=1S/C18H34F3N5.HI/c1-5-22-17(23-8-9-26(14(2)3)16-6-7-16)25-12-10-24(11-13-25)15(4)18(19,20)21;/h14-16H,5-13H2,1-4H3,(H,22,23);1H. The van der Waals surface area contributed by atoms with Gasteiger partial charge in [-0.15, -0.1) is 24.0 Å². The van der Waals surface area contributed by atoms with Crippen LogP contribution in [-0.2, 0) is 0 Å². The molecule has 1 unspecified atom stereocenters. The van der Waals surface area contributed by atoms with Gasteiger partial charge in [-0.2, -0.15) is 13.2 Å². The van der Waals surface area contributed by atoms with Crippen molar-refractivity contribution >= 4 is 29.9 Å². The first-order chi connectivity index (χ1) is 12.2. The molecule has 27 heavy (non-hydrogen) atoms. The second-order valence-corrected chi connectivity index (χ2v) is 7.54. The van der Waals surface area contributed by atoms with E-state index in [0.717, 1.165) is 25.6 Å². The Balaban J connectivity index is 0.00000364. The highest BCUT2D eigenvalue weighted by Crippen LogP contribution is 2.28. The number of hydrogen-bond acceptors (Lipinski definition) is 3. The van der Waals surface area contributed by atoms with E-state index in [2.05, 4.69) is 29.0 Å². The average Bonchev–Trinajstić information content (AvgIpc) is 3.41. The summed E-state index contributed by atoms with van der Waals surface area (Å²) in [5, 5.41) is 3.29. The maximum atomic E-state index is 12.9. The predicted molar refractivity (Wildman–Crippen MR) is 115 cm³/mol. The molecule has 0 bridgehead atoms. The summed E-state index contributed by atoms with van der Waals surface area (Å²) in [6.07, 6.45) is -1.60. The summed E-state index contributed by atoms with van der Waals surface area (Å²) in [5.41, 5.74) is 0. The molecule has 0 aromatic heterocycles. The third kappa shape index (κ3) is 7.56. The van der Waals surface area contributed by atoms with Crippen LogP contribution in [0.4, 0.5) is 13.2 Å². The van der Waals surface area contributed by atoms with E-state index in [0.29, 0.717) is 38.3 Å². The molecule has 5 nitrogen and oxygen atoms in total. The molecule has 1 heterocycles. The third-order valence-corrected chi connectivity index (χ3v) is 5.27. The fraction of sp³-hybridized carbons (Fsp3) is 0.944. The Hall–Kier alpha value is -0.290. The highest BCUT2D eigenvalue weighted by molar-refractivity contribution is 14.0. The summed E-state index contributed by atoms with van der Waals surface area (Å²) < 4.78 is 38.7. The van der Waals surface area contributed by atoms with Gasteiger partial charge in [0.1, 0.15) is 6.04 Å². The zero-order valence-electron chi connectivity index (χ0n) is 16.9. The first-order valence-electron chi connectivity index (χ1n) is 9.83. The average molecular weight is 505 g/mol. The first-order valence-corrected chi connectivity index (χ1v) is 9.83. The molecule has 1 atom stereocenters. The van der Waals surface area contributed by atoms with E-state index in [-0.39, 0.29) is 24.0 Å². The molecular weight excluding hydrogens is 470 g/mol. The number of nitrogens with one attached hydrogen (secondary N) is 1. The highest BCUT2D eigenvalue weighted by Gasteiger charge is 2.41. The Kier molecular flexibility index (Phi) is 10.1. The minimum absolute atomic E-state index is 0. The van der Waals surface area contributed by atoms with Crippen molar-refractivity contribution in [3.63, 3.8) is 0 Å². The van der Waals surface area contributed by atoms with Crippen molar-refractivity contribution in [3.05, 3.63) is 0 Å². The van der Waals surface area contributed by atoms with Gasteiger partial charge in [-0.05, 0) is 40.5 Å². The van der Waals surface area contributed by atoms with E-state index in [1.807, 2.05) is 6.92 Å². The molecule has 1 aliphatic heterocycles. The molecule has 0 radical (unpaired) electrons. The van der Waals surface area contributed by atoms with Crippen molar-refractivity contribution in [2.24, 2.45) is 4.99 Å². The van der Waals surface area contributed by atoms with Crippen LogP contribution in [0.1, 0.15) is 40.5 Å². The number of nitrogens with zero attached hydrogens (tertiary/aromatic N) is 4. The van der Waals surface area contributed by atoms with Crippen LogP contribution in [0, 0.1) is 0 Å². The van der Waals surface area contributed by atoms with Crippen molar-refractivity contribution in [3.8, 4) is 0 Å². The van der Waals surface area contributed by atoms with Gasteiger partial charge in [-0.25, -0.2) is 0 Å². The Bertz CT molecular complexity index is 458. The summed E-state index contributed by atoms with van der Waals surface area (Å²) in [6.45, 7) is 12.1. The lowest BCUT2D eigenvalue weighted by molar-refractivity contribution is -0.181. The molecular formula is C18H35F3IN5. The molecule has 1 N–H and O–H groups in total. The van der Waals surface area contributed by atoms with E-state index >= 15 is 0 Å². The summed E-state index contributed by atoms with van der Waals surface area (Å²) >= 11 is 0. The normalized spacial score (nSPS) is 20.8. The molecule has 1 aliphatic carbocycles. The van der Waals surface area contributed by atoms with Gasteiger partial charge in [0.25, 0.3) is 0 Å². The molecule has 160 valence electrons. The molecule has 0 aromatic carbocycles. The molecule has 1 saturated carbocycles. The zero-order chi connectivity index (χ0) is 19.3. The molecule has 1 saturated heterocycles. The summed E-state index contributed by atoms with van der Waals surface area (Å²) in [6, 6.07) is -0.157. The Morgan fingerprint density at radius 1 is 1.15 bits per heavy atom. The second-order valence-electron chi connectivity index (χ2n) is 7.54. The molecule has 2 fully saturated rings. The van der Waals surface area contributed by atoms with E-state index in [4.69, 9.17) is 4.99 Å². The number of piperazine rings is 1. The largest absolute Gasteiger partial charge is 0.403 e. The zero-order valence-corrected chi connectivity index (χ0v) is 19.3. The number of rotatable bonds is 7.